The number of aliphatic carboxylic acids is 1. The number of hydrogen-bond donors (Lipinski definition) is 1. The van der Waals surface area contributed by atoms with Gasteiger partial charge in [0, 0.05) is 11.5 Å². The van der Waals surface area contributed by atoms with E-state index in [1.54, 1.807) is 7.11 Å². The van der Waals surface area contributed by atoms with Gasteiger partial charge in [0.05, 0.1) is 13.5 Å². The molecule has 0 saturated carbocycles. The van der Waals surface area contributed by atoms with Gasteiger partial charge in [-0.15, -0.1) is 0 Å². The Labute approximate surface area is 93.8 Å². The first-order valence-electron chi connectivity index (χ1n) is 5.18. The van der Waals surface area contributed by atoms with Crippen LogP contribution < -0.4 is 9.47 Å². The van der Waals surface area contributed by atoms with Gasteiger partial charge in [0.1, 0.15) is 17.6 Å². The molecule has 2 unspecified atom stereocenters. The molecular formula is C12H14O4. The molecule has 0 spiro atoms. The maximum atomic E-state index is 10.8. The van der Waals surface area contributed by atoms with Crippen LogP contribution in [-0.4, -0.2) is 24.3 Å². The van der Waals surface area contributed by atoms with Crippen LogP contribution in [0.1, 0.15) is 24.8 Å². The lowest BCUT2D eigenvalue weighted by molar-refractivity contribution is -0.137. The molecule has 86 valence electrons. The second-order valence-electron chi connectivity index (χ2n) is 3.93. The minimum absolute atomic E-state index is 0.0847. The fourth-order valence-corrected chi connectivity index (χ4v) is 2.05. The van der Waals surface area contributed by atoms with E-state index in [-0.39, 0.29) is 18.4 Å². The highest BCUT2D eigenvalue weighted by Crippen LogP contribution is 2.41. The molecule has 2 rings (SSSR count). The summed E-state index contributed by atoms with van der Waals surface area (Å²) < 4.78 is 10.7. The van der Waals surface area contributed by atoms with Crippen molar-refractivity contribution in [1.29, 1.82) is 0 Å². The van der Waals surface area contributed by atoms with Crippen LogP contribution in [0, 0.1) is 0 Å². The summed E-state index contributed by atoms with van der Waals surface area (Å²) in [5.74, 6) is 0.588. The van der Waals surface area contributed by atoms with Crippen molar-refractivity contribution in [2.75, 3.05) is 7.11 Å². The Hall–Kier alpha value is -1.71. The lowest BCUT2D eigenvalue weighted by Crippen LogP contribution is -2.17. The summed E-state index contributed by atoms with van der Waals surface area (Å²) in [7, 11) is 1.59. The summed E-state index contributed by atoms with van der Waals surface area (Å²) in [4.78, 5) is 10.8. The fraction of sp³-hybridized carbons (Fsp3) is 0.417. The van der Waals surface area contributed by atoms with Crippen molar-refractivity contribution in [2.24, 2.45) is 0 Å². The fourth-order valence-electron chi connectivity index (χ4n) is 2.05. The number of carbonyl (C=O) groups is 1. The van der Waals surface area contributed by atoms with E-state index in [2.05, 4.69) is 0 Å². The average molecular weight is 222 g/mol. The summed E-state index contributed by atoms with van der Waals surface area (Å²) in [6.07, 6.45) is -0.0142. The molecule has 1 heterocycles. The highest BCUT2D eigenvalue weighted by Gasteiger charge is 2.33. The predicted octanol–water partition coefficient (Wildman–Crippen LogP) is 2.03. The van der Waals surface area contributed by atoms with Crippen molar-refractivity contribution in [3.05, 3.63) is 23.8 Å². The van der Waals surface area contributed by atoms with Gasteiger partial charge in [0.25, 0.3) is 0 Å². The van der Waals surface area contributed by atoms with Crippen LogP contribution in [0.3, 0.4) is 0 Å². The van der Waals surface area contributed by atoms with Crippen LogP contribution in [0.4, 0.5) is 0 Å². The quantitative estimate of drug-likeness (QED) is 0.850. The van der Waals surface area contributed by atoms with Gasteiger partial charge in [-0.1, -0.05) is 0 Å². The molecule has 1 aliphatic rings. The molecule has 1 aliphatic heterocycles. The number of methoxy groups -OCH3 is 1. The second-order valence-corrected chi connectivity index (χ2v) is 3.93. The molecule has 0 bridgehead atoms. The Morgan fingerprint density at radius 3 is 2.94 bits per heavy atom. The van der Waals surface area contributed by atoms with Crippen molar-refractivity contribution < 1.29 is 19.4 Å². The SMILES string of the molecule is COc1ccc2c(c1)C(CC(=O)O)C(C)O2. The van der Waals surface area contributed by atoms with Crippen molar-refractivity contribution in [3.63, 3.8) is 0 Å². The molecule has 0 amide bonds. The Balaban J connectivity index is 2.33. The van der Waals surface area contributed by atoms with Crippen LogP contribution in [-0.2, 0) is 4.79 Å². The standard InChI is InChI=1S/C12H14O4/c1-7-9(6-12(13)14)10-5-8(15-2)3-4-11(10)16-7/h3-5,7,9H,6H2,1-2H3,(H,13,14). The lowest BCUT2D eigenvalue weighted by Gasteiger charge is -2.11. The monoisotopic (exact) mass is 222 g/mol. The minimum Gasteiger partial charge on any atom is -0.497 e. The minimum atomic E-state index is -0.809. The summed E-state index contributed by atoms with van der Waals surface area (Å²) in [6, 6.07) is 5.49. The summed E-state index contributed by atoms with van der Waals surface area (Å²) in [5, 5.41) is 8.86. The molecule has 16 heavy (non-hydrogen) atoms. The van der Waals surface area contributed by atoms with Crippen molar-refractivity contribution in [3.8, 4) is 11.5 Å². The van der Waals surface area contributed by atoms with E-state index in [0.29, 0.717) is 0 Å². The number of fused-ring (bicyclic) bond motifs is 1. The van der Waals surface area contributed by atoms with Crippen LogP contribution in [0.25, 0.3) is 0 Å². The number of rotatable bonds is 3. The van der Waals surface area contributed by atoms with E-state index in [9.17, 15) is 4.79 Å². The van der Waals surface area contributed by atoms with Gasteiger partial charge in [-0.2, -0.15) is 0 Å². The van der Waals surface area contributed by atoms with E-state index in [4.69, 9.17) is 14.6 Å². The van der Waals surface area contributed by atoms with Gasteiger partial charge in [-0.25, -0.2) is 0 Å². The van der Waals surface area contributed by atoms with E-state index in [0.717, 1.165) is 17.1 Å². The number of ether oxygens (including phenoxy) is 2. The average Bonchev–Trinajstić information content (AvgIpc) is 2.54. The number of carboxylic acids is 1. The zero-order valence-electron chi connectivity index (χ0n) is 9.27. The van der Waals surface area contributed by atoms with Gasteiger partial charge in [0.15, 0.2) is 0 Å². The normalized spacial score (nSPS) is 22.4. The van der Waals surface area contributed by atoms with Crippen LogP contribution in [0.15, 0.2) is 18.2 Å². The smallest absolute Gasteiger partial charge is 0.304 e. The summed E-state index contributed by atoms with van der Waals surface area (Å²) >= 11 is 0. The molecule has 0 fully saturated rings. The molecule has 0 aliphatic carbocycles. The first-order valence-corrected chi connectivity index (χ1v) is 5.18. The van der Waals surface area contributed by atoms with Crippen LogP contribution in [0.2, 0.25) is 0 Å². The Morgan fingerprint density at radius 2 is 2.31 bits per heavy atom. The van der Waals surface area contributed by atoms with Crippen LogP contribution >= 0.6 is 0 Å². The molecule has 1 aromatic carbocycles. The first-order chi connectivity index (χ1) is 7.61. The van der Waals surface area contributed by atoms with Gasteiger partial charge >= 0.3 is 5.97 Å². The largest absolute Gasteiger partial charge is 0.497 e. The third-order valence-corrected chi connectivity index (χ3v) is 2.89. The van der Waals surface area contributed by atoms with E-state index in [1.165, 1.54) is 0 Å². The van der Waals surface area contributed by atoms with Gasteiger partial charge in [-0.3, -0.25) is 4.79 Å². The number of benzene rings is 1. The molecule has 2 atom stereocenters. The molecule has 0 saturated heterocycles. The highest BCUT2D eigenvalue weighted by molar-refractivity contribution is 5.69. The zero-order chi connectivity index (χ0) is 11.7. The molecule has 1 aromatic rings. The Bertz CT molecular complexity index is 413. The van der Waals surface area contributed by atoms with Crippen LogP contribution in [0.5, 0.6) is 11.5 Å². The number of carboxylic acid groups (broad SMARTS) is 1. The third-order valence-electron chi connectivity index (χ3n) is 2.89. The second kappa shape index (κ2) is 4.04. The van der Waals surface area contributed by atoms with Crippen molar-refractivity contribution in [2.45, 2.75) is 25.4 Å². The van der Waals surface area contributed by atoms with Gasteiger partial charge < -0.3 is 14.6 Å². The third kappa shape index (κ3) is 1.83. The highest BCUT2D eigenvalue weighted by atomic mass is 16.5. The van der Waals surface area contributed by atoms with E-state index in [1.807, 2.05) is 25.1 Å². The molecule has 0 radical (unpaired) electrons. The summed E-state index contributed by atoms with van der Waals surface area (Å²) in [6.45, 7) is 1.89. The molecule has 4 nitrogen and oxygen atoms in total. The van der Waals surface area contributed by atoms with E-state index < -0.39 is 5.97 Å². The Kier molecular flexibility index (Phi) is 2.73. The number of hydrogen-bond acceptors (Lipinski definition) is 3. The van der Waals surface area contributed by atoms with Crippen molar-refractivity contribution >= 4 is 5.97 Å². The van der Waals surface area contributed by atoms with Gasteiger partial charge in [0.2, 0.25) is 0 Å². The van der Waals surface area contributed by atoms with E-state index >= 15 is 0 Å². The molecule has 1 N–H and O–H groups in total. The first kappa shape index (κ1) is 10.8. The van der Waals surface area contributed by atoms with Gasteiger partial charge in [-0.05, 0) is 25.1 Å². The topological polar surface area (TPSA) is 55.8 Å². The molecule has 0 aromatic heterocycles. The maximum Gasteiger partial charge on any atom is 0.304 e. The summed E-state index contributed by atoms with van der Waals surface area (Å²) in [5.41, 5.74) is 0.925. The Morgan fingerprint density at radius 1 is 1.56 bits per heavy atom. The lowest BCUT2D eigenvalue weighted by atomic mass is 9.93. The van der Waals surface area contributed by atoms with Crippen molar-refractivity contribution in [1.82, 2.24) is 0 Å². The maximum absolute atomic E-state index is 10.8. The zero-order valence-corrected chi connectivity index (χ0v) is 9.27. The predicted molar refractivity (Wildman–Crippen MR) is 58.1 cm³/mol. The molecular weight excluding hydrogens is 208 g/mol. The molecule has 4 heteroatoms.